The molecular formula is C36H33F9N2O+2. The number of quaternary nitrogens is 1. The molecule has 4 aromatic rings. The number of alkyl halides is 9. The number of pyridine rings is 1. The normalized spacial score (nSPS) is 23.8. The van der Waals surface area contributed by atoms with E-state index in [1.165, 1.54) is 6.07 Å². The van der Waals surface area contributed by atoms with Crippen molar-refractivity contribution in [1.29, 1.82) is 0 Å². The Morgan fingerprint density at radius 2 is 1.46 bits per heavy atom. The average molecular weight is 681 g/mol. The van der Waals surface area contributed by atoms with Crippen molar-refractivity contribution in [2.75, 3.05) is 13.1 Å². The Labute approximate surface area is 271 Å². The molecule has 48 heavy (non-hydrogen) atoms. The van der Waals surface area contributed by atoms with Crippen LogP contribution in [0.25, 0.3) is 10.9 Å². The monoisotopic (exact) mass is 680 g/mol. The van der Waals surface area contributed by atoms with Gasteiger partial charge in [0.2, 0.25) is 5.52 Å². The zero-order chi connectivity index (χ0) is 34.6. The Bertz CT molecular complexity index is 1800. The number of halogens is 9. The van der Waals surface area contributed by atoms with Crippen molar-refractivity contribution < 1.29 is 53.7 Å². The van der Waals surface area contributed by atoms with Gasteiger partial charge < -0.3 is 9.59 Å². The summed E-state index contributed by atoms with van der Waals surface area (Å²) >= 11 is 0. The molecule has 254 valence electrons. The highest BCUT2D eigenvalue weighted by atomic mass is 19.4. The molecule has 3 aromatic carbocycles. The first-order valence-corrected chi connectivity index (χ1v) is 15.5. The molecule has 0 aliphatic carbocycles. The second kappa shape index (κ2) is 12.2. The van der Waals surface area contributed by atoms with E-state index in [9.17, 15) is 44.6 Å². The highest BCUT2D eigenvalue weighted by molar-refractivity contribution is 5.79. The summed E-state index contributed by atoms with van der Waals surface area (Å²) < 4.78 is 124. The number of piperidine rings is 3. The van der Waals surface area contributed by atoms with E-state index in [2.05, 4.69) is 6.58 Å². The van der Waals surface area contributed by atoms with Crippen LogP contribution in [0.3, 0.4) is 0 Å². The molecule has 2 bridgehead atoms. The Hall–Kier alpha value is -3.90. The molecular weight excluding hydrogens is 647 g/mol. The van der Waals surface area contributed by atoms with Gasteiger partial charge in [-0.2, -0.15) is 44.1 Å². The van der Waals surface area contributed by atoms with Crippen LogP contribution >= 0.6 is 0 Å². The molecule has 4 heterocycles. The molecule has 3 saturated heterocycles. The molecule has 1 aromatic heterocycles. The molecule has 0 amide bonds. The molecule has 4 unspecified atom stereocenters. The minimum absolute atomic E-state index is 0.0303. The molecule has 3 aliphatic rings. The Kier molecular flexibility index (Phi) is 8.64. The number of aliphatic hydroxyl groups excluding tert-OH is 1. The van der Waals surface area contributed by atoms with Gasteiger partial charge in [0.15, 0.2) is 12.7 Å². The molecule has 7 rings (SSSR count). The third-order valence-corrected chi connectivity index (χ3v) is 10.1. The van der Waals surface area contributed by atoms with E-state index in [1.54, 1.807) is 53.2 Å². The first-order chi connectivity index (χ1) is 22.5. The average Bonchev–Trinajstić information content (AvgIpc) is 3.03. The second-order valence-electron chi connectivity index (χ2n) is 13.0. The first-order valence-electron chi connectivity index (χ1n) is 15.5. The minimum Gasteiger partial charge on any atom is -0.382 e. The van der Waals surface area contributed by atoms with Gasteiger partial charge >= 0.3 is 18.5 Å². The molecule has 3 nitrogen and oxygen atoms in total. The van der Waals surface area contributed by atoms with Crippen molar-refractivity contribution in [1.82, 2.24) is 0 Å². The van der Waals surface area contributed by atoms with E-state index < -0.39 is 47.4 Å². The lowest BCUT2D eigenvalue weighted by molar-refractivity contribution is -0.985. The Morgan fingerprint density at radius 1 is 0.812 bits per heavy atom. The first kappa shape index (κ1) is 34.0. The summed E-state index contributed by atoms with van der Waals surface area (Å²) in [4.78, 5) is 0. The van der Waals surface area contributed by atoms with E-state index in [1.807, 2.05) is 0 Å². The molecule has 0 saturated carbocycles. The van der Waals surface area contributed by atoms with Crippen LogP contribution in [0.15, 0.2) is 91.6 Å². The number of hydrogen-bond acceptors (Lipinski definition) is 1. The number of rotatable bonds is 7. The predicted octanol–water partition coefficient (Wildman–Crippen LogP) is 8.88. The van der Waals surface area contributed by atoms with Crippen molar-refractivity contribution in [3.05, 3.63) is 125 Å². The summed E-state index contributed by atoms with van der Waals surface area (Å²) in [6, 6.07) is 14.9. The number of benzene rings is 3. The zero-order valence-corrected chi connectivity index (χ0v) is 25.6. The van der Waals surface area contributed by atoms with E-state index in [4.69, 9.17) is 0 Å². The van der Waals surface area contributed by atoms with Crippen molar-refractivity contribution in [3.63, 3.8) is 0 Å². The molecule has 5 atom stereocenters. The maximum absolute atomic E-state index is 13.8. The largest absolute Gasteiger partial charge is 0.416 e. The SMILES string of the molecule is C=CC1C[N+]2(Cc3cc(C(F)(F)F)cc(C(F)(F)F)c3)CCC1CC2[C@H](O)c1cc[n+](Cc2cccc(C(F)(F)F)c2)c2ccccc12. The fourth-order valence-corrected chi connectivity index (χ4v) is 7.81. The lowest BCUT2D eigenvalue weighted by Gasteiger charge is -2.58. The van der Waals surface area contributed by atoms with Crippen LogP contribution in [-0.2, 0) is 31.6 Å². The lowest BCUT2D eigenvalue weighted by atomic mass is 9.71. The number of para-hydroxylation sites is 1. The maximum atomic E-state index is 13.8. The third kappa shape index (κ3) is 6.56. The molecule has 12 heteroatoms. The van der Waals surface area contributed by atoms with Crippen molar-refractivity contribution in [2.45, 2.75) is 56.6 Å². The van der Waals surface area contributed by atoms with Gasteiger partial charge in [0.25, 0.3) is 0 Å². The highest BCUT2D eigenvalue weighted by Gasteiger charge is 2.54. The minimum atomic E-state index is -4.99. The van der Waals surface area contributed by atoms with Crippen LogP contribution in [0, 0.1) is 11.8 Å². The number of nitrogens with zero attached hydrogens (tertiary/aromatic N) is 2. The summed E-state index contributed by atoms with van der Waals surface area (Å²) in [5.74, 6) is 0.104. The van der Waals surface area contributed by atoms with E-state index >= 15 is 0 Å². The van der Waals surface area contributed by atoms with Crippen molar-refractivity contribution in [2.24, 2.45) is 11.8 Å². The molecule has 0 spiro atoms. The molecule has 3 fully saturated rings. The van der Waals surface area contributed by atoms with Gasteiger partial charge in [-0.1, -0.05) is 30.3 Å². The Morgan fingerprint density at radius 3 is 2.10 bits per heavy atom. The molecule has 1 N–H and O–H groups in total. The number of aromatic nitrogens is 1. The van der Waals surface area contributed by atoms with Crippen LogP contribution in [-0.4, -0.2) is 28.7 Å². The quantitative estimate of drug-likeness (QED) is 0.0897. The fourth-order valence-electron chi connectivity index (χ4n) is 7.81. The van der Waals surface area contributed by atoms with Gasteiger partial charge in [0, 0.05) is 47.6 Å². The van der Waals surface area contributed by atoms with E-state index in [0.717, 1.165) is 24.3 Å². The van der Waals surface area contributed by atoms with Crippen LogP contribution < -0.4 is 4.57 Å². The van der Waals surface area contributed by atoms with Crippen molar-refractivity contribution >= 4 is 10.9 Å². The summed E-state index contributed by atoms with van der Waals surface area (Å²) in [7, 11) is 0. The summed E-state index contributed by atoms with van der Waals surface area (Å²) in [5.41, 5.74) is -2.06. The predicted molar refractivity (Wildman–Crippen MR) is 160 cm³/mol. The summed E-state index contributed by atoms with van der Waals surface area (Å²) in [5, 5.41) is 12.7. The van der Waals surface area contributed by atoms with Gasteiger partial charge in [-0.25, -0.2) is 0 Å². The topological polar surface area (TPSA) is 24.1 Å². The Balaban J connectivity index is 1.39. The standard InChI is InChI=1S/C36H33F9N2O/c1-2-24-21-47(20-23-15-27(35(40,41)42)18-28(16-23)36(43,44)45)13-11-25(24)17-32(47)33(48)30-10-12-46(31-9-4-3-8-29(30)31)19-22-6-5-7-26(14-22)34(37,38)39/h2-10,12,14-16,18,24-25,32-33,48H,1,11,13,17,19-21H2/q+2/t24?,25?,32?,33-,47?/m1/s1. The van der Waals surface area contributed by atoms with E-state index in [-0.39, 0.29) is 41.0 Å². The third-order valence-electron chi connectivity index (χ3n) is 10.1. The molecule has 3 aliphatic heterocycles. The second-order valence-corrected chi connectivity index (χ2v) is 13.0. The van der Waals surface area contributed by atoms with Crippen LogP contribution in [0.1, 0.15) is 52.3 Å². The maximum Gasteiger partial charge on any atom is 0.416 e. The smallest absolute Gasteiger partial charge is 0.382 e. The number of hydrogen-bond donors (Lipinski definition) is 1. The van der Waals surface area contributed by atoms with Crippen LogP contribution in [0.4, 0.5) is 39.5 Å². The van der Waals surface area contributed by atoms with Gasteiger partial charge in [0.1, 0.15) is 18.7 Å². The number of fused-ring (bicyclic) bond motifs is 4. The van der Waals surface area contributed by atoms with Crippen molar-refractivity contribution in [3.8, 4) is 0 Å². The van der Waals surface area contributed by atoms with E-state index in [0.29, 0.717) is 48.0 Å². The van der Waals surface area contributed by atoms with Crippen LogP contribution in [0.5, 0.6) is 0 Å². The zero-order valence-electron chi connectivity index (χ0n) is 25.6. The number of aliphatic hydroxyl groups is 1. The summed E-state index contributed by atoms with van der Waals surface area (Å²) in [6.45, 7) is 4.75. The molecule has 0 radical (unpaired) electrons. The van der Waals surface area contributed by atoms with Gasteiger partial charge in [-0.05, 0) is 42.3 Å². The van der Waals surface area contributed by atoms with Gasteiger partial charge in [-0.15, -0.1) is 6.58 Å². The fraction of sp³-hybridized carbons (Fsp3) is 0.361. The van der Waals surface area contributed by atoms with Gasteiger partial charge in [0.05, 0.1) is 35.2 Å². The summed E-state index contributed by atoms with van der Waals surface area (Å²) in [6.07, 6.45) is -11.0. The van der Waals surface area contributed by atoms with Crippen LogP contribution in [0.2, 0.25) is 0 Å². The lowest BCUT2D eigenvalue weighted by Crippen LogP contribution is -2.67. The highest BCUT2D eigenvalue weighted by Crippen LogP contribution is 2.48. The van der Waals surface area contributed by atoms with Gasteiger partial charge in [-0.3, -0.25) is 0 Å².